The van der Waals surface area contributed by atoms with E-state index in [0.717, 1.165) is 29.7 Å². The van der Waals surface area contributed by atoms with Crippen LogP contribution in [0, 0.1) is 16.0 Å². The van der Waals surface area contributed by atoms with Gasteiger partial charge in [0.1, 0.15) is 0 Å². The van der Waals surface area contributed by atoms with Crippen LogP contribution >= 0.6 is 0 Å². The average Bonchev–Trinajstić information content (AvgIpc) is 3.60. The first-order valence-electron chi connectivity index (χ1n) is 11.6. The van der Waals surface area contributed by atoms with Gasteiger partial charge in [0.15, 0.2) is 11.5 Å². The van der Waals surface area contributed by atoms with E-state index in [4.69, 9.17) is 10.7 Å². The van der Waals surface area contributed by atoms with E-state index < -0.39 is 10.8 Å². The summed E-state index contributed by atoms with van der Waals surface area (Å²) in [7, 11) is 0. The summed E-state index contributed by atoms with van der Waals surface area (Å²) >= 11 is 0. The van der Waals surface area contributed by atoms with Gasteiger partial charge in [-0.15, -0.1) is 0 Å². The summed E-state index contributed by atoms with van der Waals surface area (Å²) in [6, 6.07) is 12.1. The number of hydrogen-bond acceptors (Lipinski definition) is 6. The molecular weight excluding hydrogens is 444 g/mol. The Morgan fingerprint density at radius 3 is 2.71 bits per heavy atom. The molecule has 2 aromatic heterocycles. The van der Waals surface area contributed by atoms with Crippen molar-refractivity contribution in [2.75, 3.05) is 11.9 Å². The van der Waals surface area contributed by atoms with E-state index >= 15 is 0 Å². The van der Waals surface area contributed by atoms with Gasteiger partial charge in [-0.05, 0) is 42.4 Å². The summed E-state index contributed by atoms with van der Waals surface area (Å²) < 4.78 is 1.94. The number of amides is 1. The molecule has 2 heterocycles. The van der Waals surface area contributed by atoms with Gasteiger partial charge in [-0.3, -0.25) is 19.3 Å². The number of nitrogens with one attached hydrogen (secondary N) is 1. The lowest BCUT2D eigenvalue weighted by Gasteiger charge is -2.13. The fourth-order valence-electron chi connectivity index (χ4n) is 4.22. The van der Waals surface area contributed by atoms with Crippen molar-refractivity contribution in [2.45, 2.75) is 32.6 Å². The first-order chi connectivity index (χ1) is 16.8. The molecule has 2 aromatic carbocycles. The van der Waals surface area contributed by atoms with Crippen molar-refractivity contribution in [2.24, 2.45) is 11.7 Å². The molecule has 1 aliphatic rings. The van der Waals surface area contributed by atoms with E-state index in [-0.39, 0.29) is 5.69 Å². The lowest BCUT2D eigenvalue weighted by atomic mass is 9.98. The molecule has 1 saturated carbocycles. The Bertz CT molecular complexity index is 1460. The topological polar surface area (TPSA) is 128 Å². The number of carbonyl (C=O) groups excluding carboxylic acids is 1. The van der Waals surface area contributed by atoms with Gasteiger partial charge in [-0.2, -0.15) is 0 Å². The van der Waals surface area contributed by atoms with Gasteiger partial charge < -0.3 is 11.1 Å². The molecule has 4 aromatic rings. The number of benzene rings is 2. The van der Waals surface area contributed by atoms with Gasteiger partial charge in [0.2, 0.25) is 5.91 Å². The van der Waals surface area contributed by atoms with Crippen LogP contribution in [0.25, 0.3) is 28.2 Å². The minimum absolute atomic E-state index is 0.00283. The zero-order valence-electron chi connectivity index (χ0n) is 19.6. The van der Waals surface area contributed by atoms with E-state index in [2.05, 4.69) is 24.1 Å². The van der Waals surface area contributed by atoms with Gasteiger partial charge in [0, 0.05) is 41.6 Å². The molecule has 1 amide bonds. The number of nitrogens with two attached hydrogens (primary N) is 1. The van der Waals surface area contributed by atoms with Crippen molar-refractivity contribution in [3.05, 3.63) is 76.1 Å². The van der Waals surface area contributed by atoms with Crippen molar-refractivity contribution in [3.63, 3.8) is 0 Å². The first kappa shape index (κ1) is 22.5. The number of carbonyl (C=O) groups is 1. The van der Waals surface area contributed by atoms with Crippen LogP contribution in [0.3, 0.4) is 0 Å². The molecule has 0 atom stereocenters. The van der Waals surface area contributed by atoms with Gasteiger partial charge >= 0.3 is 0 Å². The quantitative estimate of drug-likeness (QED) is 0.275. The highest BCUT2D eigenvalue weighted by Gasteiger charge is 2.28. The number of anilines is 1. The van der Waals surface area contributed by atoms with Crippen molar-refractivity contribution >= 4 is 23.1 Å². The first-order valence-corrected chi connectivity index (χ1v) is 11.6. The molecule has 3 N–H and O–H groups in total. The van der Waals surface area contributed by atoms with Gasteiger partial charge in [0.25, 0.3) is 5.69 Å². The number of nitro benzene ring substituents is 1. The summed E-state index contributed by atoms with van der Waals surface area (Å²) in [5.74, 6) is 0.913. The van der Waals surface area contributed by atoms with Gasteiger partial charge in [-0.1, -0.05) is 32.0 Å². The third kappa shape index (κ3) is 4.44. The van der Waals surface area contributed by atoms with Crippen molar-refractivity contribution in [1.82, 2.24) is 14.4 Å². The maximum Gasteiger partial charge on any atom is 0.270 e. The summed E-state index contributed by atoms with van der Waals surface area (Å²) in [6.07, 6.45) is 5.71. The van der Waals surface area contributed by atoms with Crippen LogP contribution < -0.4 is 11.1 Å². The highest BCUT2D eigenvalue weighted by Crippen LogP contribution is 2.43. The van der Waals surface area contributed by atoms with Crippen LogP contribution in [0.2, 0.25) is 0 Å². The van der Waals surface area contributed by atoms with Crippen LogP contribution in [0.15, 0.2) is 54.9 Å². The third-order valence-electron chi connectivity index (χ3n) is 6.15. The monoisotopic (exact) mass is 470 g/mol. The predicted molar refractivity (Wildman–Crippen MR) is 134 cm³/mol. The van der Waals surface area contributed by atoms with Crippen LogP contribution in [-0.2, 0) is 0 Å². The van der Waals surface area contributed by atoms with Crippen molar-refractivity contribution in [3.8, 4) is 22.5 Å². The third-order valence-corrected chi connectivity index (χ3v) is 6.15. The predicted octanol–water partition coefficient (Wildman–Crippen LogP) is 5.02. The zero-order valence-corrected chi connectivity index (χ0v) is 19.6. The Kier molecular flexibility index (Phi) is 5.68. The molecule has 1 aliphatic carbocycles. The second-order valence-electron chi connectivity index (χ2n) is 9.33. The second kappa shape index (κ2) is 8.83. The van der Waals surface area contributed by atoms with Crippen LogP contribution in [0.1, 0.15) is 48.5 Å². The lowest BCUT2D eigenvalue weighted by molar-refractivity contribution is -0.384. The highest BCUT2D eigenvalue weighted by atomic mass is 16.6. The summed E-state index contributed by atoms with van der Waals surface area (Å²) in [5, 5.41) is 14.7. The summed E-state index contributed by atoms with van der Waals surface area (Å²) in [4.78, 5) is 32.3. The maximum absolute atomic E-state index is 12.0. The van der Waals surface area contributed by atoms with Gasteiger partial charge in [-0.25, -0.2) is 9.97 Å². The Labute approximate surface area is 202 Å². The SMILES string of the molecule is CC(C)CNc1nc(-c2cccc([N+](=O)[O-])c2)cn2c(-c3ccc(C(N)=O)c(C4CC4)c3)cnc12. The molecule has 0 spiro atoms. The number of rotatable bonds is 8. The number of aromatic nitrogens is 3. The normalized spacial score (nSPS) is 13.3. The number of non-ortho nitro benzene ring substituents is 1. The molecule has 0 saturated heterocycles. The van der Waals surface area contributed by atoms with E-state index in [0.29, 0.717) is 46.7 Å². The standard InChI is InChI=1S/C26H26N6O3/c1-15(2)12-28-25-26-29-13-23(18-8-9-20(24(27)33)21(11-18)16-6-7-16)31(26)14-22(30-25)17-4-3-5-19(10-17)32(34)35/h3-5,8-11,13-16H,6-7,12H2,1-2H3,(H2,27,33)(H,28,30). The molecule has 1 fully saturated rings. The van der Waals surface area contributed by atoms with E-state index in [1.165, 1.54) is 12.1 Å². The Morgan fingerprint density at radius 1 is 1.23 bits per heavy atom. The van der Waals surface area contributed by atoms with Crippen molar-refractivity contribution < 1.29 is 9.72 Å². The number of fused-ring (bicyclic) bond motifs is 1. The van der Waals surface area contributed by atoms with E-state index in [1.807, 2.05) is 22.7 Å². The van der Waals surface area contributed by atoms with Gasteiger partial charge in [0.05, 0.1) is 22.5 Å². The molecule has 178 valence electrons. The number of primary amides is 1. The fourth-order valence-corrected chi connectivity index (χ4v) is 4.22. The smallest absolute Gasteiger partial charge is 0.270 e. The number of nitrogens with zero attached hydrogens (tertiary/aromatic N) is 4. The maximum atomic E-state index is 12.0. The van der Waals surface area contributed by atoms with Crippen LogP contribution in [-0.4, -0.2) is 31.7 Å². The number of imidazole rings is 1. The van der Waals surface area contributed by atoms with E-state index in [9.17, 15) is 14.9 Å². The molecule has 9 nitrogen and oxygen atoms in total. The average molecular weight is 471 g/mol. The number of nitro groups is 1. The molecule has 9 heteroatoms. The molecule has 0 bridgehead atoms. The van der Waals surface area contributed by atoms with Crippen LogP contribution in [0.5, 0.6) is 0 Å². The largest absolute Gasteiger partial charge is 0.367 e. The molecular formula is C26H26N6O3. The second-order valence-corrected chi connectivity index (χ2v) is 9.33. The number of hydrogen-bond donors (Lipinski definition) is 2. The van der Waals surface area contributed by atoms with E-state index in [1.54, 1.807) is 24.4 Å². The molecule has 0 radical (unpaired) electrons. The summed E-state index contributed by atoms with van der Waals surface area (Å²) in [5.41, 5.74) is 10.8. The molecule has 5 rings (SSSR count). The minimum atomic E-state index is -0.422. The highest BCUT2D eigenvalue weighted by molar-refractivity contribution is 5.95. The Morgan fingerprint density at radius 2 is 2.03 bits per heavy atom. The Balaban J connectivity index is 1.68. The lowest BCUT2D eigenvalue weighted by Crippen LogP contribution is -2.13. The zero-order chi connectivity index (χ0) is 24.7. The molecule has 35 heavy (non-hydrogen) atoms. The fraction of sp³-hybridized carbons (Fsp3) is 0.269. The Hall–Kier alpha value is -4.27. The molecule has 0 aliphatic heterocycles. The van der Waals surface area contributed by atoms with Crippen molar-refractivity contribution in [1.29, 1.82) is 0 Å². The minimum Gasteiger partial charge on any atom is -0.367 e. The molecule has 0 unspecified atom stereocenters. The van der Waals surface area contributed by atoms with Crippen LogP contribution in [0.4, 0.5) is 11.5 Å². The summed E-state index contributed by atoms with van der Waals surface area (Å²) in [6.45, 7) is 4.90.